The molecule has 0 N–H and O–H groups in total. The number of carbonyl (C=O) groups excluding carboxylic acids is 1. The summed E-state index contributed by atoms with van der Waals surface area (Å²) < 4.78 is 27.8. The van der Waals surface area contributed by atoms with Gasteiger partial charge in [0, 0.05) is 36.7 Å². The molecule has 4 aromatic rings. The van der Waals surface area contributed by atoms with E-state index in [9.17, 15) is 13.2 Å². The second-order valence-corrected chi connectivity index (χ2v) is 10.3. The smallest absolute Gasteiger partial charge is 0.225 e. The fraction of sp³-hybridized carbons (Fsp3) is 0.174. The third-order valence-corrected chi connectivity index (χ3v) is 7.35. The molecule has 0 radical (unpaired) electrons. The Bertz CT molecular complexity index is 1330. The highest BCUT2D eigenvalue weighted by atomic mass is 32.2. The van der Waals surface area contributed by atoms with Crippen LogP contribution >= 0.6 is 11.3 Å². The summed E-state index contributed by atoms with van der Waals surface area (Å²) in [6, 6.07) is 19.1. The Kier molecular flexibility index (Phi) is 6.20. The number of sulfone groups is 1. The molecule has 4 rings (SSSR count). The average molecular weight is 467 g/mol. The minimum atomic E-state index is -3.53. The summed E-state index contributed by atoms with van der Waals surface area (Å²) in [7, 11) is -1.92. The lowest BCUT2D eigenvalue weighted by atomic mass is 10.1. The minimum Gasteiger partial charge on any atom is -0.292 e. The minimum absolute atomic E-state index is 0.158. The van der Waals surface area contributed by atoms with E-state index in [1.54, 1.807) is 23.3 Å². The Morgan fingerprint density at radius 2 is 1.69 bits per heavy atom. The van der Waals surface area contributed by atoms with E-state index in [0.29, 0.717) is 22.1 Å². The number of thiazole rings is 1. The summed E-state index contributed by atoms with van der Waals surface area (Å²) in [5.41, 5.74) is 3.38. The molecule has 0 aliphatic heterocycles. The number of aromatic nitrogens is 3. The van der Waals surface area contributed by atoms with Gasteiger partial charge in [-0.3, -0.25) is 9.69 Å². The van der Waals surface area contributed by atoms with E-state index < -0.39 is 9.84 Å². The highest BCUT2D eigenvalue weighted by molar-refractivity contribution is 7.89. The molecule has 0 bridgehead atoms. The lowest BCUT2D eigenvalue weighted by Crippen LogP contribution is -2.22. The van der Waals surface area contributed by atoms with Crippen molar-refractivity contribution in [1.29, 1.82) is 0 Å². The van der Waals surface area contributed by atoms with Crippen molar-refractivity contribution in [2.24, 2.45) is 0 Å². The number of carbonyl (C=O) groups is 1. The van der Waals surface area contributed by atoms with Gasteiger partial charge in [-0.2, -0.15) is 5.10 Å². The number of hydrogen-bond acceptors (Lipinski definition) is 6. The Hall–Kier alpha value is -3.30. The number of amides is 1. The van der Waals surface area contributed by atoms with E-state index in [4.69, 9.17) is 0 Å². The van der Waals surface area contributed by atoms with E-state index in [0.717, 1.165) is 11.3 Å². The Morgan fingerprint density at radius 3 is 2.34 bits per heavy atom. The van der Waals surface area contributed by atoms with Crippen LogP contribution in [0.2, 0.25) is 0 Å². The Balaban J connectivity index is 1.64. The van der Waals surface area contributed by atoms with Gasteiger partial charge in [-0.15, -0.1) is 11.3 Å². The first-order chi connectivity index (χ1) is 15.3. The molecular formula is C23H22N4O3S2. The van der Waals surface area contributed by atoms with Gasteiger partial charge in [-0.1, -0.05) is 48.5 Å². The summed E-state index contributed by atoms with van der Waals surface area (Å²) >= 11 is 1.25. The van der Waals surface area contributed by atoms with Gasteiger partial charge in [-0.25, -0.2) is 18.1 Å². The van der Waals surface area contributed by atoms with Crippen LogP contribution in [0.5, 0.6) is 0 Å². The van der Waals surface area contributed by atoms with Crippen LogP contribution in [-0.2, 0) is 26.1 Å². The predicted molar refractivity (Wildman–Crippen MR) is 127 cm³/mol. The van der Waals surface area contributed by atoms with Gasteiger partial charge in [-0.05, 0) is 12.1 Å². The molecule has 0 aliphatic rings. The molecule has 0 saturated carbocycles. The van der Waals surface area contributed by atoms with Crippen molar-refractivity contribution >= 4 is 32.2 Å². The van der Waals surface area contributed by atoms with Crippen molar-refractivity contribution < 1.29 is 13.2 Å². The van der Waals surface area contributed by atoms with Gasteiger partial charge in [0.2, 0.25) is 5.91 Å². The molecule has 0 saturated heterocycles. The van der Waals surface area contributed by atoms with Crippen LogP contribution in [0.1, 0.15) is 18.2 Å². The van der Waals surface area contributed by atoms with Gasteiger partial charge in [0.1, 0.15) is 0 Å². The zero-order valence-corrected chi connectivity index (χ0v) is 19.3. The largest absolute Gasteiger partial charge is 0.292 e. The fourth-order valence-corrected chi connectivity index (χ4v) is 5.56. The zero-order valence-electron chi connectivity index (χ0n) is 17.7. The van der Waals surface area contributed by atoms with Gasteiger partial charge in [0.05, 0.1) is 28.6 Å². The second kappa shape index (κ2) is 9.05. The van der Waals surface area contributed by atoms with Crippen molar-refractivity contribution in [3.8, 4) is 16.9 Å². The quantitative estimate of drug-likeness (QED) is 0.409. The highest BCUT2D eigenvalue weighted by Crippen LogP contribution is 2.27. The van der Waals surface area contributed by atoms with Crippen molar-refractivity contribution in [2.45, 2.75) is 18.4 Å². The van der Waals surface area contributed by atoms with Gasteiger partial charge < -0.3 is 0 Å². The Labute approximate surface area is 190 Å². The van der Waals surface area contributed by atoms with Crippen molar-refractivity contribution in [3.63, 3.8) is 0 Å². The lowest BCUT2D eigenvalue weighted by Gasteiger charge is -2.09. The van der Waals surface area contributed by atoms with Crippen molar-refractivity contribution in [2.75, 3.05) is 11.9 Å². The average Bonchev–Trinajstić information content (AvgIpc) is 3.41. The van der Waals surface area contributed by atoms with Crippen LogP contribution in [0.25, 0.3) is 16.9 Å². The fourth-order valence-electron chi connectivity index (χ4n) is 3.23. The number of benzene rings is 2. The van der Waals surface area contributed by atoms with E-state index >= 15 is 0 Å². The van der Waals surface area contributed by atoms with E-state index in [2.05, 4.69) is 10.1 Å². The summed E-state index contributed by atoms with van der Waals surface area (Å²) in [5.74, 6) is -0.533. The molecule has 1 amide bonds. The topological polar surface area (TPSA) is 85.2 Å². The van der Waals surface area contributed by atoms with Gasteiger partial charge >= 0.3 is 0 Å². The second-order valence-electron chi connectivity index (χ2n) is 7.38. The zero-order chi connectivity index (χ0) is 22.7. The van der Waals surface area contributed by atoms with Gasteiger partial charge in [0.25, 0.3) is 0 Å². The molecule has 0 atom stereocenters. The van der Waals surface area contributed by atoms with E-state index in [1.807, 2.05) is 60.7 Å². The van der Waals surface area contributed by atoms with Crippen LogP contribution in [0.4, 0.5) is 5.13 Å². The summed E-state index contributed by atoms with van der Waals surface area (Å²) in [4.78, 5) is 17.3. The van der Waals surface area contributed by atoms with Gasteiger partial charge in [0.15, 0.2) is 15.0 Å². The summed E-state index contributed by atoms with van der Waals surface area (Å²) in [6.45, 7) is 1.44. The first-order valence-electron chi connectivity index (χ1n) is 9.91. The lowest BCUT2D eigenvalue weighted by molar-refractivity contribution is -0.116. The van der Waals surface area contributed by atoms with Crippen LogP contribution < -0.4 is 4.90 Å². The molecule has 0 unspecified atom stereocenters. The number of nitrogens with zero attached hydrogens (tertiary/aromatic N) is 4. The molecule has 0 fully saturated rings. The number of para-hydroxylation sites is 1. The molecule has 0 spiro atoms. The van der Waals surface area contributed by atoms with Crippen molar-refractivity contribution in [1.82, 2.24) is 14.8 Å². The van der Waals surface area contributed by atoms with Crippen LogP contribution in [0.3, 0.4) is 0 Å². The van der Waals surface area contributed by atoms with Crippen LogP contribution in [-0.4, -0.2) is 36.1 Å². The van der Waals surface area contributed by atoms with Crippen molar-refractivity contribution in [3.05, 3.63) is 83.5 Å². The normalized spacial score (nSPS) is 11.4. The maximum Gasteiger partial charge on any atom is 0.225 e. The monoisotopic (exact) mass is 466 g/mol. The maximum absolute atomic E-state index is 13.1. The number of rotatable bonds is 7. The maximum atomic E-state index is 13.1. The van der Waals surface area contributed by atoms with Crippen LogP contribution in [0, 0.1) is 0 Å². The van der Waals surface area contributed by atoms with E-state index in [-0.39, 0.29) is 17.4 Å². The molecule has 2 heterocycles. The summed E-state index contributed by atoms with van der Waals surface area (Å²) in [6.07, 6.45) is 1.77. The molecule has 0 aliphatic carbocycles. The molecule has 2 aromatic carbocycles. The SMILES string of the molecule is CC(=O)N(C)c1nc(CS(=O)(=O)Cc2cn(-c3ccccc3)nc2-c2ccccc2)cs1. The Morgan fingerprint density at radius 1 is 1.03 bits per heavy atom. The molecule has 32 heavy (non-hydrogen) atoms. The third-order valence-electron chi connectivity index (χ3n) is 4.90. The molecule has 9 heteroatoms. The standard InChI is InChI=1S/C23H22N4O3S2/c1-17(28)26(2)23-24-20(14-31-23)16-32(29,30)15-19-13-27(21-11-7-4-8-12-21)25-22(19)18-9-5-3-6-10-18/h3-14H,15-16H2,1-2H3. The van der Waals surface area contributed by atoms with E-state index in [1.165, 1.54) is 23.2 Å². The first kappa shape index (κ1) is 21.9. The number of anilines is 1. The highest BCUT2D eigenvalue weighted by Gasteiger charge is 2.22. The third kappa shape index (κ3) is 4.95. The molecule has 2 aromatic heterocycles. The molecule has 164 valence electrons. The first-order valence-corrected chi connectivity index (χ1v) is 12.6. The molecular weight excluding hydrogens is 444 g/mol. The van der Waals surface area contributed by atoms with Crippen LogP contribution in [0.15, 0.2) is 72.2 Å². The number of hydrogen-bond donors (Lipinski definition) is 0. The molecule has 7 nitrogen and oxygen atoms in total. The summed E-state index contributed by atoms with van der Waals surface area (Å²) in [5, 5.41) is 6.84. The predicted octanol–water partition coefficient (Wildman–Crippen LogP) is 4.09.